The molecular formula is C28H31F2NO5. The second kappa shape index (κ2) is 12.6. The third kappa shape index (κ3) is 7.84. The molecule has 0 radical (unpaired) electrons. The molecule has 0 saturated heterocycles. The highest BCUT2D eigenvalue weighted by molar-refractivity contribution is 5.69. The van der Waals surface area contributed by atoms with Gasteiger partial charge in [0, 0.05) is 30.6 Å². The summed E-state index contributed by atoms with van der Waals surface area (Å²) in [4.78, 5) is 11.2. The zero-order valence-corrected chi connectivity index (χ0v) is 20.3. The summed E-state index contributed by atoms with van der Waals surface area (Å²) in [5.41, 5.74) is 1.90. The fourth-order valence-corrected chi connectivity index (χ4v) is 3.70. The number of aliphatic hydroxyl groups excluding tert-OH is 2. The van der Waals surface area contributed by atoms with Gasteiger partial charge in [-0.25, -0.2) is 0 Å². The Labute approximate surface area is 209 Å². The highest BCUT2D eigenvalue weighted by atomic mass is 19.3. The van der Waals surface area contributed by atoms with E-state index in [4.69, 9.17) is 9.47 Å². The predicted molar refractivity (Wildman–Crippen MR) is 132 cm³/mol. The number of nitrogens with one attached hydrogen (secondary N) is 1. The van der Waals surface area contributed by atoms with Crippen molar-refractivity contribution in [1.82, 2.24) is 5.32 Å². The molecule has 3 aromatic rings. The largest absolute Gasteiger partial charge is 0.487 e. The van der Waals surface area contributed by atoms with Gasteiger partial charge < -0.3 is 25.0 Å². The van der Waals surface area contributed by atoms with Crippen LogP contribution in [0.2, 0.25) is 0 Å². The van der Waals surface area contributed by atoms with Gasteiger partial charge in [0.15, 0.2) is 6.61 Å². The van der Waals surface area contributed by atoms with Crippen molar-refractivity contribution in [1.29, 1.82) is 0 Å². The summed E-state index contributed by atoms with van der Waals surface area (Å²) < 4.78 is 39.0. The van der Waals surface area contributed by atoms with Crippen molar-refractivity contribution >= 4 is 5.97 Å². The number of carbonyl (C=O) groups excluding carboxylic acids is 1. The van der Waals surface area contributed by atoms with Crippen LogP contribution in [0.5, 0.6) is 11.5 Å². The molecule has 0 unspecified atom stereocenters. The van der Waals surface area contributed by atoms with Crippen molar-refractivity contribution in [3.8, 4) is 11.5 Å². The second-order valence-corrected chi connectivity index (χ2v) is 8.65. The van der Waals surface area contributed by atoms with Crippen LogP contribution in [0.25, 0.3) is 0 Å². The Bertz CT molecular complexity index is 1120. The molecule has 36 heavy (non-hydrogen) atoms. The van der Waals surface area contributed by atoms with Crippen LogP contribution in [-0.2, 0) is 23.7 Å². The molecule has 8 heteroatoms. The number of hydrogen-bond donors (Lipinski definition) is 3. The van der Waals surface area contributed by atoms with Crippen LogP contribution in [0.3, 0.4) is 0 Å². The van der Waals surface area contributed by atoms with Gasteiger partial charge in [-0.3, -0.25) is 4.79 Å². The topological polar surface area (TPSA) is 88.0 Å². The maximum absolute atomic E-state index is 14.3. The van der Waals surface area contributed by atoms with Gasteiger partial charge in [0.2, 0.25) is 0 Å². The molecule has 0 aliphatic rings. The van der Waals surface area contributed by atoms with Crippen molar-refractivity contribution in [2.75, 3.05) is 13.2 Å². The van der Waals surface area contributed by atoms with Gasteiger partial charge in [0.1, 0.15) is 11.5 Å². The molecule has 3 aromatic carbocycles. The zero-order valence-electron chi connectivity index (χ0n) is 20.3. The van der Waals surface area contributed by atoms with Gasteiger partial charge >= 0.3 is 11.9 Å². The molecule has 0 spiro atoms. The number of alkyl halides is 2. The van der Waals surface area contributed by atoms with Crippen molar-refractivity contribution < 1.29 is 33.3 Å². The molecule has 6 nitrogen and oxygen atoms in total. The number of aliphatic hydroxyl groups is 2. The third-order valence-electron chi connectivity index (χ3n) is 5.63. The minimum atomic E-state index is -3.09. The quantitative estimate of drug-likeness (QED) is 0.251. The van der Waals surface area contributed by atoms with E-state index in [1.807, 2.05) is 19.1 Å². The summed E-state index contributed by atoms with van der Waals surface area (Å²) in [5.74, 6) is -2.95. The lowest BCUT2D eigenvalue weighted by Gasteiger charge is -2.19. The Balaban J connectivity index is 1.48. The first-order valence-corrected chi connectivity index (χ1v) is 11.7. The summed E-state index contributed by atoms with van der Waals surface area (Å²) in [7, 11) is 0. The molecule has 3 rings (SSSR count). The molecule has 0 aliphatic heterocycles. The Morgan fingerprint density at radius 1 is 1.06 bits per heavy atom. The fourth-order valence-electron chi connectivity index (χ4n) is 3.70. The number of halogens is 2. The number of benzene rings is 3. The lowest BCUT2D eigenvalue weighted by Crippen LogP contribution is -2.32. The Hall–Kier alpha value is -3.33. The van der Waals surface area contributed by atoms with Crippen LogP contribution >= 0.6 is 0 Å². The maximum atomic E-state index is 14.3. The minimum Gasteiger partial charge on any atom is -0.487 e. The lowest BCUT2D eigenvalue weighted by atomic mass is 10.0. The molecule has 192 valence electrons. The van der Waals surface area contributed by atoms with Gasteiger partial charge in [0.05, 0.1) is 12.7 Å². The number of rotatable bonds is 12. The number of carbonyl (C=O) groups is 1. The first-order chi connectivity index (χ1) is 17.2. The highest BCUT2D eigenvalue weighted by Gasteiger charge is 2.32. The smallest absolute Gasteiger partial charge is 0.308 e. The monoisotopic (exact) mass is 499 g/mol. The van der Waals surface area contributed by atoms with E-state index in [9.17, 15) is 23.8 Å². The minimum absolute atomic E-state index is 0.0199. The van der Waals surface area contributed by atoms with Crippen LogP contribution in [-0.4, -0.2) is 35.4 Å². The van der Waals surface area contributed by atoms with Gasteiger partial charge in [0.25, 0.3) is 0 Å². The summed E-state index contributed by atoms with van der Waals surface area (Å²) in [6, 6.07) is 19.4. The summed E-state index contributed by atoms with van der Waals surface area (Å²) >= 11 is 0. The van der Waals surface area contributed by atoms with Crippen molar-refractivity contribution in [2.45, 2.75) is 44.9 Å². The van der Waals surface area contributed by atoms with Crippen LogP contribution in [0.4, 0.5) is 8.78 Å². The average Bonchev–Trinajstić information content (AvgIpc) is 2.87. The first kappa shape index (κ1) is 27.3. The molecule has 2 atom stereocenters. The first-order valence-electron chi connectivity index (χ1n) is 11.7. The summed E-state index contributed by atoms with van der Waals surface area (Å²) in [6.07, 6.45) is -0.174. The molecule has 3 N–H and O–H groups in total. The van der Waals surface area contributed by atoms with Gasteiger partial charge in [-0.15, -0.1) is 0 Å². The zero-order chi connectivity index (χ0) is 26.1. The van der Waals surface area contributed by atoms with E-state index >= 15 is 0 Å². The van der Waals surface area contributed by atoms with E-state index < -0.39 is 24.6 Å². The number of esters is 1. The highest BCUT2D eigenvalue weighted by Crippen LogP contribution is 2.29. The third-order valence-corrected chi connectivity index (χ3v) is 5.63. The van der Waals surface area contributed by atoms with E-state index in [1.54, 1.807) is 48.5 Å². The van der Waals surface area contributed by atoms with E-state index in [0.29, 0.717) is 23.3 Å². The fraction of sp³-hybridized carbons (Fsp3) is 0.321. The SMILES string of the molecule is CC(=O)Oc1ccc([C@H](O)CN[C@@H](C)Cc2ccc(OCC(F)(F)c3ccccc3)cc2)cc1CO. The van der Waals surface area contributed by atoms with Crippen LogP contribution in [0.15, 0.2) is 72.8 Å². The van der Waals surface area contributed by atoms with Crippen molar-refractivity contribution in [3.63, 3.8) is 0 Å². The number of hydrogen-bond acceptors (Lipinski definition) is 6. The van der Waals surface area contributed by atoms with Crippen LogP contribution in [0.1, 0.15) is 42.2 Å². The average molecular weight is 500 g/mol. The Morgan fingerprint density at radius 2 is 1.75 bits per heavy atom. The number of ether oxygens (including phenoxy) is 2. The molecule has 0 aromatic heterocycles. The molecule has 0 heterocycles. The Kier molecular flexibility index (Phi) is 9.52. The summed E-state index contributed by atoms with van der Waals surface area (Å²) in [6.45, 7) is 2.46. The van der Waals surface area contributed by atoms with Crippen molar-refractivity contribution in [3.05, 3.63) is 95.1 Å². The Morgan fingerprint density at radius 3 is 2.39 bits per heavy atom. The standard InChI is InChI=1S/C28H31F2NO5/c1-19(31-16-26(34)22-10-13-27(36-20(2)33)23(15-22)17-32)14-21-8-11-25(12-9-21)35-18-28(29,30)24-6-4-3-5-7-24/h3-13,15,19,26,31-32,34H,14,16-18H2,1-2H3/t19-,26+/m0/s1. The molecule has 0 aliphatic carbocycles. The van der Waals surface area contributed by atoms with Gasteiger partial charge in [-0.2, -0.15) is 8.78 Å². The van der Waals surface area contributed by atoms with Crippen molar-refractivity contribution in [2.24, 2.45) is 0 Å². The van der Waals surface area contributed by atoms with E-state index in [-0.39, 0.29) is 30.5 Å². The molecule has 0 amide bonds. The second-order valence-electron chi connectivity index (χ2n) is 8.65. The van der Waals surface area contributed by atoms with E-state index in [0.717, 1.165) is 5.56 Å². The molecule has 0 saturated carbocycles. The summed E-state index contributed by atoms with van der Waals surface area (Å²) in [5, 5.41) is 23.3. The van der Waals surface area contributed by atoms with Crippen LogP contribution < -0.4 is 14.8 Å². The maximum Gasteiger partial charge on any atom is 0.308 e. The normalized spacial score (nSPS) is 13.2. The molecular weight excluding hydrogens is 468 g/mol. The molecule has 0 fully saturated rings. The predicted octanol–water partition coefficient (Wildman–Crippen LogP) is 4.53. The van der Waals surface area contributed by atoms with Gasteiger partial charge in [-0.1, -0.05) is 48.5 Å². The molecule has 0 bridgehead atoms. The van der Waals surface area contributed by atoms with Crippen LogP contribution in [0, 0.1) is 0 Å². The van der Waals surface area contributed by atoms with E-state index in [2.05, 4.69) is 5.32 Å². The van der Waals surface area contributed by atoms with E-state index in [1.165, 1.54) is 19.1 Å². The van der Waals surface area contributed by atoms with Gasteiger partial charge in [-0.05, 0) is 48.7 Å². The lowest BCUT2D eigenvalue weighted by molar-refractivity contribution is -0.131.